The van der Waals surface area contributed by atoms with Gasteiger partial charge in [-0.3, -0.25) is 0 Å². The van der Waals surface area contributed by atoms with Gasteiger partial charge in [0.15, 0.2) is 0 Å². The fourth-order valence-electron chi connectivity index (χ4n) is 2.11. The first-order chi connectivity index (χ1) is 9.26. The molecule has 0 aliphatic carbocycles. The van der Waals surface area contributed by atoms with Gasteiger partial charge in [0.25, 0.3) is 0 Å². The van der Waals surface area contributed by atoms with Crippen molar-refractivity contribution >= 4 is 11.4 Å². The lowest BCUT2D eigenvalue weighted by Crippen LogP contribution is -2.03. The molecule has 3 nitrogen and oxygen atoms in total. The molecule has 108 valence electrons. The summed E-state index contributed by atoms with van der Waals surface area (Å²) < 4.78 is 5.48. The molecule has 0 amide bonds. The van der Waals surface area contributed by atoms with Gasteiger partial charge in [0.2, 0.25) is 0 Å². The van der Waals surface area contributed by atoms with Gasteiger partial charge in [-0.25, -0.2) is 0 Å². The van der Waals surface area contributed by atoms with Gasteiger partial charge in [-0.1, -0.05) is 39.0 Å². The average molecular weight is 264 g/mol. The summed E-state index contributed by atoms with van der Waals surface area (Å²) in [5, 5.41) is 3.42. The smallest absolute Gasteiger partial charge is 0.123 e. The maximum Gasteiger partial charge on any atom is 0.123 e. The van der Waals surface area contributed by atoms with E-state index in [4.69, 9.17) is 10.5 Å². The number of nitrogens with two attached hydrogens (primary N) is 1. The molecule has 0 aromatic heterocycles. The van der Waals surface area contributed by atoms with Crippen LogP contribution in [0.4, 0.5) is 11.4 Å². The first kappa shape index (κ1) is 15.7. The molecule has 19 heavy (non-hydrogen) atoms. The first-order valence-corrected chi connectivity index (χ1v) is 7.53. The quantitative estimate of drug-likeness (QED) is 0.485. The van der Waals surface area contributed by atoms with E-state index in [1.807, 2.05) is 25.1 Å². The summed E-state index contributed by atoms with van der Waals surface area (Å²) in [6.45, 7) is 5.89. The van der Waals surface area contributed by atoms with Crippen molar-refractivity contribution in [3.05, 3.63) is 18.2 Å². The van der Waals surface area contributed by atoms with Crippen molar-refractivity contribution in [2.45, 2.75) is 52.4 Å². The fraction of sp³-hybridized carbons (Fsp3) is 0.625. The lowest BCUT2D eigenvalue weighted by Gasteiger charge is -2.10. The Morgan fingerprint density at radius 2 is 1.74 bits per heavy atom. The fourth-order valence-corrected chi connectivity index (χ4v) is 2.11. The topological polar surface area (TPSA) is 47.3 Å². The van der Waals surface area contributed by atoms with E-state index in [9.17, 15) is 0 Å². The minimum Gasteiger partial charge on any atom is -0.494 e. The maximum absolute atomic E-state index is 5.85. The number of nitrogens with one attached hydrogen (secondary N) is 1. The molecule has 0 heterocycles. The van der Waals surface area contributed by atoms with E-state index in [0.717, 1.165) is 23.7 Å². The number of benzene rings is 1. The molecule has 3 N–H and O–H groups in total. The molecule has 3 heteroatoms. The van der Waals surface area contributed by atoms with Gasteiger partial charge in [0.05, 0.1) is 6.61 Å². The van der Waals surface area contributed by atoms with Gasteiger partial charge in [0, 0.05) is 30.1 Å². The van der Waals surface area contributed by atoms with E-state index >= 15 is 0 Å². The highest BCUT2D eigenvalue weighted by atomic mass is 16.5. The van der Waals surface area contributed by atoms with Gasteiger partial charge < -0.3 is 15.8 Å². The molecular formula is C16H28N2O. The van der Waals surface area contributed by atoms with E-state index < -0.39 is 0 Å². The molecule has 0 aliphatic rings. The van der Waals surface area contributed by atoms with E-state index in [0.29, 0.717) is 6.61 Å². The van der Waals surface area contributed by atoms with Crippen molar-refractivity contribution in [3.63, 3.8) is 0 Å². The highest BCUT2D eigenvalue weighted by Crippen LogP contribution is 2.22. The molecule has 0 spiro atoms. The summed E-state index contributed by atoms with van der Waals surface area (Å²) in [6, 6.07) is 5.83. The molecule has 0 fully saturated rings. The van der Waals surface area contributed by atoms with Crippen LogP contribution >= 0.6 is 0 Å². The minimum absolute atomic E-state index is 0.667. The molecule has 1 aromatic rings. The number of nitrogen functional groups attached to an aromatic ring is 1. The molecule has 0 saturated carbocycles. The summed E-state index contributed by atoms with van der Waals surface area (Å²) in [5.74, 6) is 0.841. The zero-order chi connectivity index (χ0) is 13.9. The lowest BCUT2D eigenvalue weighted by atomic mass is 10.1. The van der Waals surface area contributed by atoms with Crippen LogP contribution in [0.25, 0.3) is 0 Å². The third-order valence-electron chi connectivity index (χ3n) is 3.10. The van der Waals surface area contributed by atoms with E-state index in [1.165, 1.54) is 38.5 Å². The molecule has 1 aromatic carbocycles. The van der Waals surface area contributed by atoms with E-state index in [1.54, 1.807) is 0 Å². The normalized spacial score (nSPS) is 10.4. The summed E-state index contributed by atoms with van der Waals surface area (Å²) in [5.41, 5.74) is 7.65. The van der Waals surface area contributed by atoms with Crippen LogP contribution in [0.15, 0.2) is 18.2 Å². The first-order valence-electron chi connectivity index (χ1n) is 7.53. The van der Waals surface area contributed by atoms with Crippen LogP contribution in [0.1, 0.15) is 52.4 Å². The largest absolute Gasteiger partial charge is 0.494 e. The SMILES string of the molecule is CCCCCCCCNc1cc(N)cc(OCC)c1. The van der Waals surface area contributed by atoms with Crippen LogP contribution < -0.4 is 15.8 Å². The van der Waals surface area contributed by atoms with Crippen LogP contribution in [-0.4, -0.2) is 13.2 Å². The number of anilines is 2. The standard InChI is InChI=1S/C16H28N2O/c1-3-5-6-7-8-9-10-18-15-11-14(17)12-16(13-15)19-4-2/h11-13,18H,3-10,17H2,1-2H3. The van der Waals surface area contributed by atoms with E-state index in [-0.39, 0.29) is 0 Å². The van der Waals surface area contributed by atoms with Crippen molar-refractivity contribution in [2.75, 3.05) is 24.2 Å². The number of unbranched alkanes of at least 4 members (excludes halogenated alkanes) is 5. The van der Waals surface area contributed by atoms with Crippen molar-refractivity contribution in [2.24, 2.45) is 0 Å². The molecule has 0 aliphatic heterocycles. The van der Waals surface area contributed by atoms with Gasteiger partial charge in [0.1, 0.15) is 5.75 Å². The monoisotopic (exact) mass is 264 g/mol. The predicted molar refractivity (Wildman–Crippen MR) is 83.9 cm³/mol. The van der Waals surface area contributed by atoms with Crippen LogP contribution in [-0.2, 0) is 0 Å². The second-order valence-electron chi connectivity index (χ2n) is 4.92. The second-order valence-corrected chi connectivity index (χ2v) is 4.92. The van der Waals surface area contributed by atoms with Crippen LogP contribution in [0, 0.1) is 0 Å². The number of rotatable bonds is 10. The molecule has 0 atom stereocenters. The molecule has 0 bridgehead atoms. The van der Waals surface area contributed by atoms with Crippen LogP contribution in [0.5, 0.6) is 5.75 Å². The van der Waals surface area contributed by atoms with Crippen molar-refractivity contribution in [3.8, 4) is 5.75 Å². The van der Waals surface area contributed by atoms with Gasteiger partial charge >= 0.3 is 0 Å². The molecular weight excluding hydrogens is 236 g/mol. The van der Waals surface area contributed by atoms with Crippen LogP contribution in [0.3, 0.4) is 0 Å². The number of hydrogen-bond acceptors (Lipinski definition) is 3. The number of ether oxygens (including phenoxy) is 1. The van der Waals surface area contributed by atoms with Crippen molar-refractivity contribution in [1.82, 2.24) is 0 Å². The van der Waals surface area contributed by atoms with Crippen LogP contribution in [0.2, 0.25) is 0 Å². The molecule has 0 saturated heterocycles. The lowest BCUT2D eigenvalue weighted by molar-refractivity contribution is 0.340. The Hall–Kier alpha value is -1.38. The summed E-state index contributed by atoms with van der Waals surface area (Å²) in [7, 11) is 0. The Morgan fingerprint density at radius 1 is 1.00 bits per heavy atom. The van der Waals surface area contributed by atoms with E-state index in [2.05, 4.69) is 12.2 Å². The highest BCUT2D eigenvalue weighted by molar-refractivity contribution is 5.59. The van der Waals surface area contributed by atoms with Crippen molar-refractivity contribution < 1.29 is 4.74 Å². The Kier molecular flexibility index (Phi) is 7.87. The Bertz CT molecular complexity index is 353. The average Bonchev–Trinajstić information content (AvgIpc) is 2.37. The third-order valence-corrected chi connectivity index (χ3v) is 3.10. The number of hydrogen-bond donors (Lipinski definition) is 2. The highest BCUT2D eigenvalue weighted by Gasteiger charge is 1.99. The zero-order valence-electron chi connectivity index (χ0n) is 12.4. The Morgan fingerprint density at radius 3 is 2.47 bits per heavy atom. The van der Waals surface area contributed by atoms with Gasteiger partial charge in [-0.15, -0.1) is 0 Å². The predicted octanol–water partition coefficient (Wildman–Crippen LogP) is 4.44. The summed E-state index contributed by atoms with van der Waals surface area (Å²) in [6.07, 6.45) is 7.89. The maximum atomic E-state index is 5.85. The molecule has 1 rings (SSSR count). The molecule has 0 unspecified atom stereocenters. The minimum atomic E-state index is 0.667. The van der Waals surface area contributed by atoms with Gasteiger partial charge in [-0.05, 0) is 19.4 Å². The van der Waals surface area contributed by atoms with Crippen molar-refractivity contribution in [1.29, 1.82) is 0 Å². The molecule has 0 radical (unpaired) electrons. The summed E-state index contributed by atoms with van der Waals surface area (Å²) in [4.78, 5) is 0. The third kappa shape index (κ3) is 6.94. The second kappa shape index (κ2) is 9.54. The summed E-state index contributed by atoms with van der Waals surface area (Å²) >= 11 is 0. The zero-order valence-corrected chi connectivity index (χ0v) is 12.4. The van der Waals surface area contributed by atoms with Gasteiger partial charge in [-0.2, -0.15) is 0 Å². The Balaban J connectivity index is 2.25. The Labute approximate surface area is 117 Å².